The molecule has 0 aromatic heterocycles. The zero-order valence-electron chi connectivity index (χ0n) is 33.1. The van der Waals surface area contributed by atoms with Gasteiger partial charge in [0.2, 0.25) is 0 Å². The minimum atomic E-state index is 0.502. The number of carbonyl (C=O) groups is 1. The van der Waals surface area contributed by atoms with E-state index in [1.807, 2.05) is 0 Å². The van der Waals surface area contributed by atoms with Crippen molar-refractivity contribution in [3.63, 3.8) is 0 Å². The molecule has 2 nitrogen and oxygen atoms in total. The lowest BCUT2D eigenvalue weighted by molar-refractivity contribution is -0.119. The average molecular weight is 660 g/mol. The molecule has 0 aliphatic heterocycles. The second-order valence-electron chi connectivity index (χ2n) is 15.5. The molecule has 1 N–H and O–H groups in total. The molecule has 0 spiro atoms. The van der Waals surface area contributed by atoms with Gasteiger partial charge in [-0.05, 0) is 64.0 Å². The molecule has 0 aromatic carbocycles. The van der Waals surface area contributed by atoms with Crippen molar-refractivity contribution in [3.8, 4) is 0 Å². The third kappa shape index (κ3) is 38.0. The van der Waals surface area contributed by atoms with Gasteiger partial charge < -0.3 is 5.32 Å². The van der Waals surface area contributed by atoms with E-state index in [1.54, 1.807) is 0 Å². The summed E-state index contributed by atoms with van der Waals surface area (Å²) in [6.07, 6.45) is 47.7. The summed E-state index contributed by atoms with van der Waals surface area (Å²) in [7, 11) is 0. The lowest BCUT2D eigenvalue weighted by Gasteiger charge is -2.19. The highest BCUT2D eigenvalue weighted by Crippen LogP contribution is 2.27. The molecule has 0 atom stereocenters. The van der Waals surface area contributed by atoms with E-state index in [9.17, 15) is 4.79 Å². The summed E-state index contributed by atoms with van der Waals surface area (Å²) in [5.74, 6) is 1.39. The molecule has 0 saturated heterocycles. The highest BCUT2D eigenvalue weighted by Gasteiger charge is 2.11. The van der Waals surface area contributed by atoms with Crippen LogP contribution in [0.25, 0.3) is 0 Å². The van der Waals surface area contributed by atoms with Crippen LogP contribution in [0, 0.1) is 5.92 Å². The summed E-state index contributed by atoms with van der Waals surface area (Å²) < 4.78 is 0. The number of carbonyl (C=O) groups excluding carboxylic acids is 1. The van der Waals surface area contributed by atoms with Crippen LogP contribution in [0.5, 0.6) is 0 Å². The molecule has 0 unspecified atom stereocenters. The van der Waals surface area contributed by atoms with Crippen molar-refractivity contribution in [1.29, 1.82) is 0 Å². The fourth-order valence-electron chi connectivity index (χ4n) is 7.25. The number of rotatable bonds is 41. The molecule has 0 aromatic rings. The van der Waals surface area contributed by atoms with Crippen molar-refractivity contribution in [2.45, 2.75) is 252 Å². The van der Waals surface area contributed by atoms with Gasteiger partial charge in [-0.3, -0.25) is 4.79 Å². The Morgan fingerprint density at radius 2 is 0.745 bits per heavy atom. The molecule has 0 rings (SSSR count). The second kappa shape index (κ2) is 39.8. The quantitative estimate of drug-likeness (QED) is 0.0523. The predicted molar refractivity (Wildman–Crippen MR) is 214 cm³/mol. The Bertz CT molecular complexity index is 611. The van der Waals surface area contributed by atoms with Crippen LogP contribution < -0.4 is 5.32 Å². The highest BCUT2D eigenvalue weighted by atomic mass is 16.1. The third-order valence-electron chi connectivity index (χ3n) is 10.5. The van der Waals surface area contributed by atoms with Gasteiger partial charge in [-0.2, -0.15) is 0 Å². The molecular weight excluding hydrogens is 571 g/mol. The van der Waals surface area contributed by atoms with Gasteiger partial charge in [0, 0.05) is 12.8 Å². The Morgan fingerprint density at radius 1 is 0.426 bits per heavy atom. The lowest BCUT2D eigenvalue weighted by Crippen LogP contribution is -2.16. The van der Waals surface area contributed by atoms with Gasteiger partial charge in [0.15, 0.2) is 0 Å². The van der Waals surface area contributed by atoms with Crippen LogP contribution in [0.2, 0.25) is 0 Å². The number of hydrogen-bond acceptors (Lipinski definition) is 2. The first-order valence-corrected chi connectivity index (χ1v) is 22.0. The Morgan fingerprint density at radius 3 is 1.17 bits per heavy atom. The molecule has 0 heterocycles. The van der Waals surface area contributed by atoms with E-state index < -0.39 is 0 Å². The van der Waals surface area contributed by atoms with Crippen LogP contribution in [0.15, 0.2) is 12.2 Å². The molecule has 0 radical (unpaired) electrons. The summed E-state index contributed by atoms with van der Waals surface area (Å²) in [5.41, 5.74) is 1.54. The molecule has 0 fully saturated rings. The molecule has 0 saturated carbocycles. The van der Waals surface area contributed by atoms with Crippen LogP contribution in [0.4, 0.5) is 0 Å². The number of allylic oxidation sites excluding steroid dienone is 1. The average Bonchev–Trinajstić information content (AvgIpc) is 3.07. The number of hydrogen-bond donors (Lipinski definition) is 1. The normalized spacial score (nSPS) is 11.6. The maximum Gasteiger partial charge on any atom is 0.132 e. The molecule has 47 heavy (non-hydrogen) atoms. The van der Waals surface area contributed by atoms with Crippen LogP contribution in [-0.4, -0.2) is 18.9 Å². The molecule has 0 aliphatic carbocycles. The molecular formula is C45H89NO. The predicted octanol–water partition coefficient (Wildman–Crippen LogP) is 15.4. The Labute approximate surface area is 298 Å². The van der Waals surface area contributed by atoms with Crippen molar-refractivity contribution in [2.75, 3.05) is 13.1 Å². The minimum Gasteiger partial charge on any atom is -0.317 e. The van der Waals surface area contributed by atoms with Gasteiger partial charge in [0.25, 0.3) is 0 Å². The fourth-order valence-corrected chi connectivity index (χ4v) is 7.25. The first-order chi connectivity index (χ1) is 23.1. The third-order valence-corrected chi connectivity index (χ3v) is 10.5. The van der Waals surface area contributed by atoms with Crippen molar-refractivity contribution >= 4 is 5.78 Å². The van der Waals surface area contributed by atoms with Gasteiger partial charge in [0.05, 0.1) is 0 Å². The van der Waals surface area contributed by atoms with Gasteiger partial charge >= 0.3 is 0 Å². The molecule has 2 heteroatoms. The van der Waals surface area contributed by atoms with Crippen LogP contribution >= 0.6 is 0 Å². The van der Waals surface area contributed by atoms with Gasteiger partial charge in [-0.15, -0.1) is 0 Å². The summed E-state index contributed by atoms with van der Waals surface area (Å²) in [6.45, 7) is 13.7. The standard InChI is InChI=1S/C45H89NO/c1-5-8-11-14-17-18-19-20-25-31-38-45(47)39-32-27-34-41-46-40-33-26-21-22-28-35-43(4)42-44(36-29-23-15-12-9-6-2)37-30-24-16-13-10-7-3/h44,46H,4-42H2,1-3H3. The van der Waals surface area contributed by atoms with Gasteiger partial charge in [0.1, 0.15) is 5.78 Å². The Hall–Kier alpha value is -0.630. The van der Waals surface area contributed by atoms with E-state index in [-0.39, 0.29) is 0 Å². The van der Waals surface area contributed by atoms with Gasteiger partial charge in [-0.1, -0.05) is 206 Å². The summed E-state index contributed by atoms with van der Waals surface area (Å²) in [5, 5.41) is 3.64. The number of ketones is 1. The van der Waals surface area contributed by atoms with Crippen molar-refractivity contribution in [1.82, 2.24) is 5.32 Å². The Balaban J connectivity index is 3.65. The number of unbranched alkanes of at least 4 members (excludes halogenated alkanes) is 25. The number of Topliss-reactive ketones (excluding diaryl/α,β-unsaturated/α-hetero) is 1. The lowest BCUT2D eigenvalue weighted by atomic mass is 9.87. The number of nitrogens with one attached hydrogen (secondary N) is 1. The van der Waals surface area contributed by atoms with Crippen molar-refractivity contribution < 1.29 is 4.79 Å². The first kappa shape index (κ1) is 46.4. The topological polar surface area (TPSA) is 29.1 Å². The monoisotopic (exact) mass is 660 g/mol. The molecule has 280 valence electrons. The summed E-state index contributed by atoms with van der Waals surface area (Å²) in [6, 6.07) is 0. The zero-order chi connectivity index (χ0) is 34.3. The fraction of sp³-hybridized carbons (Fsp3) is 0.933. The smallest absolute Gasteiger partial charge is 0.132 e. The minimum absolute atomic E-state index is 0.502. The zero-order valence-corrected chi connectivity index (χ0v) is 33.1. The van der Waals surface area contributed by atoms with Crippen molar-refractivity contribution in [2.24, 2.45) is 5.92 Å². The summed E-state index contributed by atoms with van der Waals surface area (Å²) in [4.78, 5) is 12.2. The van der Waals surface area contributed by atoms with E-state index in [0.717, 1.165) is 44.7 Å². The van der Waals surface area contributed by atoms with E-state index in [0.29, 0.717) is 5.78 Å². The molecule has 0 amide bonds. The van der Waals surface area contributed by atoms with Crippen molar-refractivity contribution in [3.05, 3.63) is 12.2 Å². The van der Waals surface area contributed by atoms with Crippen LogP contribution in [0.3, 0.4) is 0 Å². The molecule has 0 bridgehead atoms. The maximum absolute atomic E-state index is 12.2. The Kier molecular flexibility index (Phi) is 39.3. The van der Waals surface area contributed by atoms with E-state index in [4.69, 9.17) is 0 Å². The van der Waals surface area contributed by atoms with E-state index in [2.05, 4.69) is 32.7 Å². The van der Waals surface area contributed by atoms with Crippen LogP contribution in [-0.2, 0) is 4.79 Å². The summed E-state index contributed by atoms with van der Waals surface area (Å²) >= 11 is 0. The second-order valence-corrected chi connectivity index (χ2v) is 15.5. The SMILES string of the molecule is C=C(CCCCCCCNCCCCCC(=O)CCCCCCCCCCCC)CC(CCCCCCCC)CCCCCCCC. The molecule has 0 aliphatic rings. The maximum atomic E-state index is 12.2. The largest absolute Gasteiger partial charge is 0.317 e. The van der Waals surface area contributed by atoms with Crippen LogP contribution in [0.1, 0.15) is 252 Å². The van der Waals surface area contributed by atoms with E-state index >= 15 is 0 Å². The highest BCUT2D eigenvalue weighted by molar-refractivity contribution is 5.78. The van der Waals surface area contributed by atoms with Gasteiger partial charge in [-0.25, -0.2) is 0 Å². The first-order valence-electron chi connectivity index (χ1n) is 22.0. The van der Waals surface area contributed by atoms with E-state index in [1.165, 1.54) is 211 Å².